The van der Waals surface area contributed by atoms with Gasteiger partial charge in [0.05, 0.1) is 29.5 Å². The lowest BCUT2D eigenvalue weighted by Crippen LogP contribution is -2.43. The number of nitrogens with one attached hydrogen (secondary N) is 1. The Hall–Kier alpha value is -2.02. The third kappa shape index (κ3) is 8.26. The molecule has 2 aliphatic heterocycles. The van der Waals surface area contributed by atoms with Crippen molar-refractivity contribution in [1.82, 2.24) is 20.2 Å². The third-order valence-corrected chi connectivity index (χ3v) is 7.91. The number of aromatic nitrogens is 2. The maximum atomic E-state index is 12.4. The number of aryl methyl sites for hydroxylation is 1. The number of ether oxygens (including phenoxy) is 2. The predicted octanol–water partition coefficient (Wildman–Crippen LogP) is 4.02. The van der Waals surface area contributed by atoms with Gasteiger partial charge < -0.3 is 19.7 Å². The van der Waals surface area contributed by atoms with Crippen molar-refractivity contribution >= 4 is 34.7 Å². The summed E-state index contributed by atoms with van der Waals surface area (Å²) >= 11 is 2.76. The molecule has 4 rings (SSSR count). The molecule has 0 radical (unpaired) electrons. The summed E-state index contributed by atoms with van der Waals surface area (Å²) in [4.78, 5) is 24.9. The van der Waals surface area contributed by atoms with Crippen molar-refractivity contribution in [2.75, 3.05) is 32.8 Å². The first-order valence-electron chi connectivity index (χ1n) is 11.7. The summed E-state index contributed by atoms with van der Waals surface area (Å²) in [7, 11) is 0. The number of thiazole rings is 2. The minimum absolute atomic E-state index is 0.0144. The van der Waals surface area contributed by atoms with E-state index in [1.807, 2.05) is 6.92 Å². The van der Waals surface area contributed by atoms with Crippen LogP contribution >= 0.6 is 22.7 Å². The van der Waals surface area contributed by atoms with Gasteiger partial charge in [0, 0.05) is 48.1 Å². The fourth-order valence-electron chi connectivity index (χ4n) is 4.15. The van der Waals surface area contributed by atoms with Crippen molar-refractivity contribution in [3.05, 3.63) is 32.7 Å². The van der Waals surface area contributed by atoms with Crippen molar-refractivity contribution in [3.63, 3.8) is 0 Å². The number of alkyl halides is 3. The Labute approximate surface area is 210 Å². The Morgan fingerprint density at radius 3 is 2.86 bits per heavy atom. The normalized spacial score (nSPS) is 21.6. The molecule has 7 nitrogen and oxygen atoms in total. The number of carbonyl (C=O) groups is 1. The van der Waals surface area contributed by atoms with Crippen molar-refractivity contribution in [2.45, 2.75) is 57.3 Å². The Bertz CT molecular complexity index is 991. The molecule has 2 aliphatic rings. The second-order valence-electron chi connectivity index (χ2n) is 8.74. The second-order valence-corrected chi connectivity index (χ2v) is 11.0. The largest absolute Gasteiger partial charge is 0.460 e. The van der Waals surface area contributed by atoms with E-state index in [9.17, 15) is 18.0 Å². The van der Waals surface area contributed by atoms with Gasteiger partial charge in [0.1, 0.15) is 0 Å². The molecule has 0 spiro atoms. The highest BCUT2D eigenvalue weighted by Crippen LogP contribution is 2.29. The number of rotatable bonds is 8. The number of carbonyl (C=O) groups excluding carboxylic acids is 1. The summed E-state index contributed by atoms with van der Waals surface area (Å²) < 4.78 is 47.9. The average molecular weight is 531 g/mol. The van der Waals surface area contributed by atoms with Crippen LogP contribution in [-0.4, -0.2) is 71.9 Å². The molecule has 1 saturated heterocycles. The highest BCUT2D eigenvalue weighted by Gasteiger charge is 2.30. The van der Waals surface area contributed by atoms with E-state index < -0.39 is 12.8 Å². The highest BCUT2D eigenvalue weighted by atomic mass is 32.1. The first-order valence-corrected chi connectivity index (χ1v) is 13.3. The smallest absolute Gasteiger partial charge is 0.422 e. The zero-order valence-corrected chi connectivity index (χ0v) is 21.1. The lowest BCUT2D eigenvalue weighted by Gasteiger charge is -2.31. The molecule has 2 aromatic heterocycles. The molecule has 0 bridgehead atoms. The van der Waals surface area contributed by atoms with Gasteiger partial charge >= 0.3 is 6.18 Å². The fourth-order valence-corrected chi connectivity index (χ4v) is 5.78. The van der Waals surface area contributed by atoms with Crippen molar-refractivity contribution < 1.29 is 27.4 Å². The van der Waals surface area contributed by atoms with Crippen molar-refractivity contribution in [3.8, 4) is 5.19 Å². The lowest BCUT2D eigenvalue weighted by atomic mass is 10.0. The summed E-state index contributed by atoms with van der Waals surface area (Å²) in [5.41, 5.74) is 0.849. The van der Waals surface area contributed by atoms with Gasteiger partial charge in [0.2, 0.25) is 5.91 Å². The molecule has 12 heteroatoms. The molecular formula is C23H29F3N4O3S2. The van der Waals surface area contributed by atoms with Gasteiger partial charge in [-0.2, -0.15) is 13.2 Å². The number of amides is 1. The molecule has 2 atom stereocenters. The number of nitrogens with zero attached hydrogens (tertiary/aromatic N) is 3. The summed E-state index contributed by atoms with van der Waals surface area (Å²) in [6, 6.07) is 0.0144. The van der Waals surface area contributed by atoms with E-state index in [0.717, 1.165) is 65.8 Å². The second kappa shape index (κ2) is 11.8. The summed E-state index contributed by atoms with van der Waals surface area (Å²) in [6.45, 7) is 3.67. The van der Waals surface area contributed by atoms with Gasteiger partial charge in [-0.15, -0.1) is 11.3 Å². The van der Waals surface area contributed by atoms with E-state index in [2.05, 4.69) is 20.2 Å². The van der Waals surface area contributed by atoms with Crippen LogP contribution in [0.2, 0.25) is 0 Å². The molecule has 0 saturated carbocycles. The first kappa shape index (κ1) is 26.1. The van der Waals surface area contributed by atoms with Gasteiger partial charge in [0.15, 0.2) is 6.61 Å². The minimum Gasteiger partial charge on any atom is -0.460 e. The first-order chi connectivity index (χ1) is 16.7. The monoisotopic (exact) mass is 530 g/mol. The van der Waals surface area contributed by atoms with E-state index in [4.69, 9.17) is 9.47 Å². The van der Waals surface area contributed by atoms with Crippen LogP contribution < -0.4 is 10.1 Å². The number of hydrogen-bond donors (Lipinski definition) is 1. The molecule has 0 aromatic carbocycles. The fraction of sp³-hybridized carbons (Fsp3) is 0.609. The molecule has 2 aromatic rings. The van der Waals surface area contributed by atoms with Crippen molar-refractivity contribution in [2.24, 2.45) is 0 Å². The highest BCUT2D eigenvalue weighted by molar-refractivity contribution is 7.13. The topological polar surface area (TPSA) is 76.6 Å². The van der Waals surface area contributed by atoms with Gasteiger partial charge in [-0.1, -0.05) is 11.3 Å². The van der Waals surface area contributed by atoms with E-state index >= 15 is 0 Å². The van der Waals surface area contributed by atoms with Crippen LogP contribution in [0.1, 0.15) is 39.7 Å². The standard InChI is InChI=1S/C23H29F3N4O3S2/c1-15-27-12-18(34-15)4-5-21(31)28-16-2-3-17(32-13-16)6-9-30-10-7-19-20(8-11-30)35-22(29-19)33-14-23(24,25)26/h4-5,12,16-17H,2-3,6-11,13-14H2,1H3,(H,28,31)/b5-4+/t16-,17+/m0/s1. The predicted molar refractivity (Wildman–Crippen MR) is 129 cm³/mol. The lowest BCUT2D eigenvalue weighted by molar-refractivity contribution is -0.153. The molecule has 0 unspecified atom stereocenters. The van der Waals surface area contributed by atoms with E-state index in [-0.39, 0.29) is 23.2 Å². The van der Waals surface area contributed by atoms with E-state index in [1.54, 1.807) is 23.6 Å². The van der Waals surface area contributed by atoms with Crippen LogP contribution in [-0.2, 0) is 22.4 Å². The van der Waals surface area contributed by atoms with E-state index in [0.29, 0.717) is 13.0 Å². The zero-order valence-electron chi connectivity index (χ0n) is 19.5. The van der Waals surface area contributed by atoms with Gasteiger partial charge in [0.25, 0.3) is 5.19 Å². The zero-order chi connectivity index (χ0) is 24.8. The van der Waals surface area contributed by atoms with Crippen LogP contribution in [0, 0.1) is 6.92 Å². The summed E-state index contributed by atoms with van der Waals surface area (Å²) in [5.74, 6) is -0.124. The van der Waals surface area contributed by atoms with Crippen LogP contribution in [0.4, 0.5) is 13.2 Å². The number of hydrogen-bond acceptors (Lipinski definition) is 8. The number of halogens is 3. The summed E-state index contributed by atoms with van der Waals surface area (Å²) in [6.07, 6.45) is 5.02. The molecule has 1 N–H and O–H groups in total. The Balaban J connectivity index is 1.13. The van der Waals surface area contributed by atoms with E-state index in [1.165, 1.54) is 17.4 Å². The van der Waals surface area contributed by atoms with Gasteiger partial charge in [-0.25, -0.2) is 9.97 Å². The molecular weight excluding hydrogens is 501 g/mol. The maximum absolute atomic E-state index is 12.4. The molecule has 192 valence electrons. The van der Waals surface area contributed by atoms with Gasteiger partial charge in [-0.3, -0.25) is 4.79 Å². The molecule has 35 heavy (non-hydrogen) atoms. The molecule has 4 heterocycles. The Kier molecular flexibility index (Phi) is 8.79. The van der Waals surface area contributed by atoms with Crippen LogP contribution in [0.15, 0.2) is 12.3 Å². The Morgan fingerprint density at radius 2 is 2.14 bits per heavy atom. The average Bonchev–Trinajstić information content (AvgIpc) is 3.36. The quantitative estimate of drug-likeness (QED) is 0.520. The van der Waals surface area contributed by atoms with Crippen LogP contribution in [0.5, 0.6) is 5.19 Å². The Morgan fingerprint density at radius 1 is 1.31 bits per heavy atom. The maximum Gasteiger partial charge on any atom is 0.422 e. The summed E-state index contributed by atoms with van der Waals surface area (Å²) in [5, 5.41) is 4.07. The molecule has 1 amide bonds. The molecule has 0 aliphatic carbocycles. The van der Waals surface area contributed by atoms with Gasteiger partial charge in [-0.05, 0) is 38.7 Å². The minimum atomic E-state index is -4.36. The molecule has 1 fully saturated rings. The van der Waals surface area contributed by atoms with Crippen LogP contribution in [0.3, 0.4) is 0 Å². The van der Waals surface area contributed by atoms with Crippen molar-refractivity contribution in [1.29, 1.82) is 0 Å². The third-order valence-electron chi connectivity index (χ3n) is 5.96. The SMILES string of the molecule is Cc1ncc(/C=C/C(=O)N[C@H]2CC[C@H](CCN3CCc4nc(OCC(F)(F)F)sc4CC3)OC2)s1. The number of fused-ring (bicyclic) bond motifs is 1. The van der Waals surface area contributed by atoms with Crippen LogP contribution in [0.25, 0.3) is 6.08 Å².